The molecule has 0 unspecified atom stereocenters. The molecule has 0 aromatic carbocycles. The van der Waals surface area contributed by atoms with Crippen molar-refractivity contribution in [3.63, 3.8) is 0 Å². The predicted octanol–water partition coefficient (Wildman–Crippen LogP) is 7.51. The van der Waals surface area contributed by atoms with Gasteiger partial charge in [-0.25, -0.2) is 9.97 Å². The number of aliphatic carboxylic acids is 2. The Balaban J connectivity index is 1.93. The summed E-state index contributed by atoms with van der Waals surface area (Å²) in [5, 5.41) is 18.9. The molecule has 40 heavy (non-hydrogen) atoms. The van der Waals surface area contributed by atoms with Crippen LogP contribution in [0.1, 0.15) is 72.6 Å². The Morgan fingerprint density at radius 1 is 0.800 bits per heavy atom. The van der Waals surface area contributed by atoms with Crippen molar-refractivity contribution < 1.29 is 19.8 Å². The molecule has 0 spiro atoms. The fourth-order valence-corrected chi connectivity index (χ4v) is 6.85. The van der Waals surface area contributed by atoms with Crippen molar-refractivity contribution >= 4 is 102 Å². The molecule has 5 heterocycles. The lowest BCUT2D eigenvalue weighted by molar-refractivity contribution is -0.137. The quantitative estimate of drug-likeness (QED) is 0.192. The second-order valence-electron chi connectivity index (χ2n) is 10.2. The van der Waals surface area contributed by atoms with Crippen molar-refractivity contribution in [2.45, 2.75) is 53.4 Å². The molecule has 8 nitrogen and oxygen atoms in total. The summed E-state index contributed by atoms with van der Waals surface area (Å²) in [4.78, 5) is 40.1. The molecule has 2 aliphatic heterocycles. The number of nitrogens with zero attached hydrogens (tertiary/aromatic N) is 2. The van der Waals surface area contributed by atoms with Gasteiger partial charge in [0.25, 0.3) is 0 Å². The first kappa shape index (κ1) is 28.5. The molecule has 3 aromatic rings. The van der Waals surface area contributed by atoms with E-state index in [4.69, 9.17) is 9.97 Å². The summed E-state index contributed by atoms with van der Waals surface area (Å²) in [5.41, 5.74) is 12.6. The van der Waals surface area contributed by atoms with Gasteiger partial charge in [0.05, 0.1) is 35.4 Å². The van der Waals surface area contributed by atoms with Crippen LogP contribution in [-0.2, 0) is 16.0 Å². The number of aromatic nitrogens is 4. The van der Waals surface area contributed by atoms with Crippen LogP contribution in [0.5, 0.6) is 0 Å². The van der Waals surface area contributed by atoms with Crippen molar-refractivity contribution in [3.05, 3.63) is 64.8 Å². The minimum Gasteiger partial charge on any atom is -0.481 e. The molecule has 10 heteroatoms. The molecule has 5 rings (SSSR count). The maximum atomic E-state index is 11.5. The number of halogens is 2. The molecule has 4 N–H and O–H groups in total. The highest BCUT2D eigenvalue weighted by atomic mass is 127. The molecule has 0 atom stereocenters. The Hall–Kier alpha value is -3.00. The van der Waals surface area contributed by atoms with Gasteiger partial charge in [-0.2, -0.15) is 0 Å². The molecule has 0 saturated carbocycles. The molecule has 0 fully saturated rings. The van der Waals surface area contributed by atoms with Crippen LogP contribution in [0, 0.1) is 21.0 Å². The second kappa shape index (κ2) is 11.1. The monoisotopic (exact) mass is 762 g/mol. The zero-order valence-electron chi connectivity index (χ0n) is 22.5. The zero-order chi connectivity index (χ0) is 28.9. The summed E-state index contributed by atoms with van der Waals surface area (Å²) in [5.74, 6) is -1.73. The number of aromatic amines is 2. The van der Waals surface area contributed by atoms with Crippen molar-refractivity contribution in [1.29, 1.82) is 0 Å². The number of nitrogens with one attached hydrogen (secondary N) is 2. The summed E-state index contributed by atoms with van der Waals surface area (Å²) >= 11 is 4.62. The minimum atomic E-state index is -0.872. The third-order valence-corrected chi connectivity index (χ3v) is 9.59. The summed E-state index contributed by atoms with van der Waals surface area (Å²) in [6.45, 7) is 8.08. The van der Waals surface area contributed by atoms with Crippen molar-refractivity contribution in [3.8, 4) is 0 Å². The normalized spacial score (nSPS) is 13.1. The third-order valence-electron chi connectivity index (χ3n) is 7.44. The molecule has 206 valence electrons. The van der Waals surface area contributed by atoms with Crippen LogP contribution < -0.4 is 0 Å². The summed E-state index contributed by atoms with van der Waals surface area (Å²) in [6, 6.07) is 6.11. The average molecular weight is 762 g/mol. The van der Waals surface area contributed by atoms with Crippen LogP contribution >= 0.6 is 45.2 Å². The highest BCUT2D eigenvalue weighted by Crippen LogP contribution is 2.38. The van der Waals surface area contributed by atoms with Gasteiger partial charge in [-0.15, -0.1) is 0 Å². The average Bonchev–Trinajstić information content (AvgIpc) is 3.61. The molecular weight excluding hydrogens is 734 g/mol. The van der Waals surface area contributed by atoms with Gasteiger partial charge in [-0.1, -0.05) is 0 Å². The maximum Gasteiger partial charge on any atom is 0.303 e. The van der Waals surface area contributed by atoms with Gasteiger partial charge in [0.2, 0.25) is 0 Å². The van der Waals surface area contributed by atoms with Crippen LogP contribution in [0.4, 0.5) is 0 Å². The third kappa shape index (κ3) is 5.35. The van der Waals surface area contributed by atoms with Crippen molar-refractivity contribution in [1.82, 2.24) is 19.9 Å². The minimum absolute atomic E-state index is 0.00179. The fourth-order valence-electron chi connectivity index (χ4n) is 5.21. The number of H-pyrrole nitrogens is 2. The van der Waals surface area contributed by atoms with E-state index in [-0.39, 0.29) is 12.8 Å². The zero-order valence-corrected chi connectivity index (χ0v) is 26.8. The van der Waals surface area contributed by atoms with Crippen molar-refractivity contribution in [2.24, 2.45) is 0 Å². The van der Waals surface area contributed by atoms with Gasteiger partial charge in [0, 0.05) is 29.4 Å². The van der Waals surface area contributed by atoms with Gasteiger partial charge in [-0.3, -0.25) is 9.59 Å². The Kier molecular flexibility index (Phi) is 7.92. The number of carboxylic acid groups (broad SMARTS) is 2. The van der Waals surface area contributed by atoms with Crippen molar-refractivity contribution in [2.75, 3.05) is 0 Å². The number of fused-ring (bicyclic) bond motifs is 8. The van der Waals surface area contributed by atoms with E-state index < -0.39 is 11.9 Å². The number of allylic oxidation sites excluding steroid dienone is 3. The molecule has 0 amide bonds. The number of hydrogen-bond acceptors (Lipinski definition) is 4. The summed E-state index contributed by atoms with van der Waals surface area (Å²) < 4.78 is 1.90. The lowest BCUT2D eigenvalue weighted by atomic mass is 10.0. The highest BCUT2D eigenvalue weighted by molar-refractivity contribution is 14.1. The van der Waals surface area contributed by atoms with Gasteiger partial charge in [0.15, 0.2) is 0 Å². The van der Waals surface area contributed by atoms with E-state index in [1.54, 1.807) is 0 Å². The lowest BCUT2D eigenvalue weighted by Crippen LogP contribution is -1.98. The van der Waals surface area contributed by atoms with Crippen LogP contribution in [0.25, 0.3) is 44.9 Å². The van der Waals surface area contributed by atoms with Crippen LogP contribution in [-0.4, -0.2) is 42.1 Å². The number of rotatable bonds is 6. The summed E-state index contributed by atoms with van der Waals surface area (Å²) in [7, 11) is 0. The van der Waals surface area contributed by atoms with Crippen LogP contribution in [0.2, 0.25) is 0 Å². The Morgan fingerprint density at radius 3 is 2.17 bits per heavy atom. The van der Waals surface area contributed by atoms with E-state index in [9.17, 15) is 19.8 Å². The first-order chi connectivity index (χ1) is 18.9. The van der Waals surface area contributed by atoms with Gasteiger partial charge >= 0.3 is 11.9 Å². The topological polar surface area (TPSA) is 132 Å². The number of aryl methyl sites for hydroxylation is 3. The van der Waals surface area contributed by atoms with Gasteiger partial charge < -0.3 is 20.2 Å². The Morgan fingerprint density at radius 2 is 1.48 bits per heavy atom. The molecule has 0 aliphatic carbocycles. The first-order valence-electron chi connectivity index (χ1n) is 12.9. The number of hydrogen-bond donors (Lipinski definition) is 4. The Bertz CT molecular complexity index is 1830. The first-order valence-corrected chi connectivity index (χ1v) is 15.0. The fraction of sp³-hybridized carbons (Fsp3) is 0.267. The van der Waals surface area contributed by atoms with E-state index >= 15 is 0 Å². The van der Waals surface area contributed by atoms with E-state index in [0.717, 1.165) is 79.7 Å². The molecule has 2 aliphatic rings. The highest BCUT2D eigenvalue weighted by Gasteiger charge is 2.23. The van der Waals surface area contributed by atoms with Crippen LogP contribution in [0.15, 0.2) is 18.2 Å². The molecule has 0 saturated heterocycles. The molecule has 0 radical (unpaired) electrons. The Labute approximate surface area is 258 Å². The molecule has 3 aromatic heterocycles. The SMILES string of the molecule is CC1=Cc2nc1c(I)c1cc(C)c(cc3[nH]c(cc4nc(c2I)C(C)=C4CCC(=O)O)c(CCC(=O)O)c3C)[nH]1. The predicted molar refractivity (Wildman–Crippen MR) is 175 cm³/mol. The van der Waals surface area contributed by atoms with Crippen LogP contribution in [0.3, 0.4) is 0 Å². The van der Waals surface area contributed by atoms with E-state index in [1.807, 2.05) is 19.9 Å². The maximum absolute atomic E-state index is 11.5. The standard InChI is InChI=1S/C30H28I2N4O4/c1-13-9-23-27(31)29-14(2)10-24(36-29)28(32)30-16(4)18(6-8-26(39)40)22(35-30)12-21-17(5-7-25(37)38)15(3)20(34-21)11-19(13)33-23/h9-12,33-34H,5-8H2,1-4H3,(H,37,38)(H,39,40). The smallest absolute Gasteiger partial charge is 0.303 e. The number of carboxylic acids is 2. The molecular formula is C30H28I2N4O4. The van der Waals surface area contributed by atoms with E-state index in [1.165, 1.54) is 0 Å². The van der Waals surface area contributed by atoms with Gasteiger partial charge in [0.1, 0.15) is 0 Å². The molecule has 8 bridgehead atoms. The second-order valence-corrected chi connectivity index (χ2v) is 12.3. The largest absolute Gasteiger partial charge is 0.481 e. The van der Waals surface area contributed by atoms with E-state index in [0.29, 0.717) is 18.5 Å². The van der Waals surface area contributed by atoms with E-state index in [2.05, 4.69) is 87.2 Å². The lowest BCUT2D eigenvalue weighted by Gasteiger charge is -2.03. The number of carbonyl (C=O) groups is 2. The summed E-state index contributed by atoms with van der Waals surface area (Å²) in [6.07, 6.45) is 2.74. The van der Waals surface area contributed by atoms with Gasteiger partial charge in [-0.05, 0) is 143 Å².